The molecule has 0 saturated carbocycles. The highest BCUT2D eigenvalue weighted by Crippen LogP contribution is 2.23. The molecule has 0 aliphatic rings. The van der Waals surface area contributed by atoms with Crippen LogP contribution in [-0.2, 0) is 4.79 Å². The second kappa shape index (κ2) is 6.86. The number of aryl methyl sites for hydroxylation is 5. The molecule has 23 heavy (non-hydrogen) atoms. The Bertz CT molecular complexity index is 691. The highest BCUT2D eigenvalue weighted by molar-refractivity contribution is 5.95. The highest BCUT2D eigenvalue weighted by atomic mass is 16.5. The predicted octanol–water partition coefficient (Wildman–Crippen LogP) is 4.63. The van der Waals surface area contributed by atoms with E-state index in [-0.39, 0.29) is 5.91 Å². The summed E-state index contributed by atoms with van der Waals surface area (Å²) in [5.74, 6) is 0.585. The predicted molar refractivity (Wildman–Crippen MR) is 95.3 cm³/mol. The molecule has 0 radical (unpaired) electrons. The molecule has 2 aromatic rings. The molecule has 0 aliphatic carbocycles. The van der Waals surface area contributed by atoms with Crippen LogP contribution in [0.25, 0.3) is 0 Å². The first-order valence-electron chi connectivity index (χ1n) is 7.90. The Morgan fingerprint density at radius 3 is 1.87 bits per heavy atom. The van der Waals surface area contributed by atoms with E-state index in [2.05, 4.69) is 30.4 Å². The third-order valence-corrected chi connectivity index (χ3v) is 3.80. The first-order chi connectivity index (χ1) is 10.8. The van der Waals surface area contributed by atoms with E-state index >= 15 is 0 Å². The van der Waals surface area contributed by atoms with Crippen LogP contribution in [0.5, 0.6) is 5.75 Å². The first kappa shape index (κ1) is 17.1. The van der Waals surface area contributed by atoms with Crippen molar-refractivity contribution in [2.75, 3.05) is 5.32 Å². The molecule has 1 N–H and O–H groups in total. The van der Waals surface area contributed by atoms with Crippen molar-refractivity contribution in [2.24, 2.45) is 0 Å². The lowest BCUT2D eigenvalue weighted by Crippen LogP contribution is -2.30. The quantitative estimate of drug-likeness (QED) is 0.893. The molecule has 0 aromatic heterocycles. The summed E-state index contributed by atoms with van der Waals surface area (Å²) >= 11 is 0. The molecule has 3 nitrogen and oxygen atoms in total. The van der Waals surface area contributed by atoms with Crippen LogP contribution >= 0.6 is 0 Å². The summed E-state index contributed by atoms with van der Waals surface area (Å²) < 4.78 is 5.80. The minimum absolute atomic E-state index is 0.140. The first-order valence-corrected chi connectivity index (χ1v) is 7.90. The largest absolute Gasteiger partial charge is 0.481 e. The lowest BCUT2D eigenvalue weighted by molar-refractivity contribution is -0.122. The van der Waals surface area contributed by atoms with Gasteiger partial charge in [-0.2, -0.15) is 0 Å². The number of benzene rings is 2. The van der Waals surface area contributed by atoms with E-state index < -0.39 is 6.10 Å². The number of rotatable bonds is 4. The van der Waals surface area contributed by atoms with Gasteiger partial charge in [-0.15, -0.1) is 0 Å². The van der Waals surface area contributed by atoms with Crippen LogP contribution < -0.4 is 10.1 Å². The zero-order valence-electron chi connectivity index (χ0n) is 14.8. The Balaban J connectivity index is 2.11. The average molecular weight is 311 g/mol. The molecule has 0 aliphatic heterocycles. The maximum Gasteiger partial charge on any atom is 0.265 e. The fourth-order valence-corrected chi connectivity index (χ4v) is 2.86. The van der Waals surface area contributed by atoms with Gasteiger partial charge in [0.1, 0.15) is 5.75 Å². The smallest absolute Gasteiger partial charge is 0.265 e. The molecule has 1 atom stereocenters. The summed E-state index contributed by atoms with van der Waals surface area (Å²) in [7, 11) is 0. The third-order valence-electron chi connectivity index (χ3n) is 3.80. The van der Waals surface area contributed by atoms with Gasteiger partial charge >= 0.3 is 0 Å². The number of anilines is 1. The highest BCUT2D eigenvalue weighted by Gasteiger charge is 2.17. The number of hydrogen-bond donors (Lipinski definition) is 1. The topological polar surface area (TPSA) is 38.3 Å². The van der Waals surface area contributed by atoms with Gasteiger partial charge in [0, 0.05) is 5.69 Å². The second-order valence-corrected chi connectivity index (χ2v) is 6.35. The summed E-state index contributed by atoms with van der Waals surface area (Å²) in [4.78, 5) is 12.4. The van der Waals surface area contributed by atoms with Gasteiger partial charge in [0.2, 0.25) is 0 Å². The van der Waals surface area contributed by atoms with Crippen molar-refractivity contribution in [1.82, 2.24) is 0 Å². The summed E-state index contributed by atoms with van der Waals surface area (Å²) in [6.07, 6.45) is -0.559. The van der Waals surface area contributed by atoms with Gasteiger partial charge in [0.15, 0.2) is 6.10 Å². The molecule has 0 saturated heterocycles. The van der Waals surface area contributed by atoms with Crippen molar-refractivity contribution in [3.63, 3.8) is 0 Å². The lowest BCUT2D eigenvalue weighted by Gasteiger charge is -2.18. The molecular weight excluding hydrogens is 286 g/mol. The number of ether oxygens (including phenoxy) is 1. The maximum atomic E-state index is 12.4. The van der Waals surface area contributed by atoms with Gasteiger partial charge in [0.05, 0.1) is 0 Å². The number of carbonyl (C=O) groups excluding carboxylic acids is 1. The molecule has 1 amide bonds. The van der Waals surface area contributed by atoms with Crippen LogP contribution in [0, 0.1) is 34.6 Å². The van der Waals surface area contributed by atoms with Gasteiger partial charge < -0.3 is 10.1 Å². The minimum atomic E-state index is -0.559. The van der Waals surface area contributed by atoms with E-state index in [9.17, 15) is 4.79 Å². The standard InChI is InChI=1S/C20H25NO2/c1-12-7-13(2)11-18(10-12)23-17(6)20(22)21-19-15(4)8-14(3)9-16(19)5/h7-11,17H,1-6H3,(H,21,22)/t17-/m0/s1. The molecule has 2 aromatic carbocycles. The summed E-state index contributed by atoms with van der Waals surface area (Å²) in [5.41, 5.74) is 6.44. The zero-order valence-corrected chi connectivity index (χ0v) is 14.8. The molecule has 0 heterocycles. The Hall–Kier alpha value is -2.29. The van der Waals surface area contributed by atoms with Crippen LogP contribution in [0.3, 0.4) is 0 Å². The normalized spacial score (nSPS) is 11.9. The third kappa shape index (κ3) is 4.35. The van der Waals surface area contributed by atoms with Crippen molar-refractivity contribution in [3.05, 3.63) is 58.1 Å². The van der Waals surface area contributed by atoms with E-state index in [1.807, 2.05) is 39.8 Å². The van der Waals surface area contributed by atoms with Crippen LogP contribution in [0.15, 0.2) is 30.3 Å². The van der Waals surface area contributed by atoms with E-state index in [4.69, 9.17) is 4.74 Å². The number of amides is 1. The second-order valence-electron chi connectivity index (χ2n) is 6.35. The monoisotopic (exact) mass is 311 g/mol. The lowest BCUT2D eigenvalue weighted by atomic mass is 10.0. The van der Waals surface area contributed by atoms with Gasteiger partial charge in [-0.3, -0.25) is 4.79 Å². The van der Waals surface area contributed by atoms with Gasteiger partial charge in [-0.05, 0) is 75.9 Å². The summed E-state index contributed by atoms with van der Waals surface area (Å²) in [6.45, 7) is 11.9. The Kier molecular flexibility index (Phi) is 5.09. The fraction of sp³-hybridized carbons (Fsp3) is 0.350. The number of hydrogen-bond acceptors (Lipinski definition) is 2. The zero-order chi connectivity index (χ0) is 17.1. The van der Waals surface area contributed by atoms with Crippen LogP contribution in [0.1, 0.15) is 34.7 Å². The molecule has 3 heteroatoms. The van der Waals surface area contributed by atoms with Gasteiger partial charge in [0.25, 0.3) is 5.91 Å². The van der Waals surface area contributed by atoms with Crippen molar-refractivity contribution in [1.29, 1.82) is 0 Å². The SMILES string of the molecule is Cc1cc(C)cc(O[C@@H](C)C(=O)Nc2c(C)cc(C)cc2C)c1. The number of nitrogens with one attached hydrogen (secondary N) is 1. The molecule has 0 fully saturated rings. The summed E-state index contributed by atoms with van der Waals surface area (Å²) in [5, 5.41) is 2.99. The molecular formula is C20H25NO2. The molecule has 0 unspecified atom stereocenters. The Morgan fingerprint density at radius 1 is 0.870 bits per heavy atom. The van der Waals surface area contributed by atoms with E-state index in [1.165, 1.54) is 5.56 Å². The fourth-order valence-electron chi connectivity index (χ4n) is 2.86. The maximum absolute atomic E-state index is 12.4. The van der Waals surface area contributed by atoms with Crippen LogP contribution in [0.4, 0.5) is 5.69 Å². The summed E-state index contributed by atoms with van der Waals surface area (Å²) in [6, 6.07) is 10.1. The molecule has 122 valence electrons. The van der Waals surface area contributed by atoms with Crippen LogP contribution in [0.2, 0.25) is 0 Å². The van der Waals surface area contributed by atoms with Crippen molar-refractivity contribution >= 4 is 11.6 Å². The van der Waals surface area contributed by atoms with E-state index in [0.717, 1.165) is 33.7 Å². The van der Waals surface area contributed by atoms with E-state index in [0.29, 0.717) is 0 Å². The van der Waals surface area contributed by atoms with Crippen molar-refractivity contribution in [3.8, 4) is 5.75 Å². The molecule has 0 spiro atoms. The number of carbonyl (C=O) groups is 1. The molecule has 0 bridgehead atoms. The average Bonchev–Trinajstić information content (AvgIpc) is 2.41. The molecule has 2 rings (SSSR count). The Labute approximate surface area is 138 Å². The van der Waals surface area contributed by atoms with Crippen LogP contribution in [-0.4, -0.2) is 12.0 Å². The van der Waals surface area contributed by atoms with Crippen molar-refractivity contribution < 1.29 is 9.53 Å². The minimum Gasteiger partial charge on any atom is -0.481 e. The van der Waals surface area contributed by atoms with E-state index in [1.54, 1.807) is 6.92 Å². The van der Waals surface area contributed by atoms with Crippen molar-refractivity contribution in [2.45, 2.75) is 47.6 Å². The van der Waals surface area contributed by atoms with Gasteiger partial charge in [-0.25, -0.2) is 0 Å². The van der Waals surface area contributed by atoms with Gasteiger partial charge in [-0.1, -0.05) is 23.8 Å². The Morgan fingerprint density at radius 2 is 1.35 bits per heavy atom.